The molecule has 0 saturated carbocycles. The molecule has 0 aromatic carbocycles. The second-order valence-corrected chi connectivity index (χ2v) is 4.62. The third-order valence-corrected chi connectivity index (χ3v) is 2.64. The van der Waals surface area contributed by atoms with Crippen LogP contribution in [0.2, 0.25) is 0 Å². The highest BCUT2D eigenvalue weighted by Gasteiger charge is 2.24. The predicted octanol–water partition coefficient (Wildman–Crippen LogP) is 0.991. The summed E-state index contributed by atoms with van der Waals surface area (Å²) < 4.78 is 0. The maximum absolute atomic E-state index is 11.1. The van der Waals surface area contributed by atoms with Crippen LogP contribution in [0.4, 0.5) is 0 Å². The molecule has 0 bridgehead atoms. The van der Waals surface area contributed by atoms with Crippen molar-refractivity contribution in [2.75, 3.05) is 6.54 Å². The number of primary amides is 1. The first-order valence-corrected chi connectivity index (χ1v) is 5.34. The van der Waals surface area contributed by atoms with Crippen molar-refractivity contribution in [2.24, 2.45) is 11.1 Å². The molecular formula is C12H19N3O. The van der Waals surface area contributed by atoms with Gasteiger partial charge in [-0.15, -0.1) is 0 Å². The quantitative estimate of drug-likeness (QED) is 0.779. The third-order valence-electron chi connectivity index (χ3n) is 2.64. The highest BCUT2D eigenvalue weighted by atomic mass is 16.1. The van der Waals surface area contributed by atoms with Gasteiger partial charge in [0, 0.05) is 19.3 Å². The molecule has 88 valence electrons. The first-order chi connectivity index (χ1) is 7.43. The fourth-order valence-corrected chi connectivity index (χ4v) is 1.28. The van der Waals surface area contributed by atoms with Crippen molar-refractivity contribution in [1.82, 2.24) is 10.3 Å². The molecule has 4 heteroatoms. The summed E-state index contributed by atoms with van der Waals surface area (Å²) in [5.41, 5.74) is 6.91. The van der Waals surface area contributed by atoms with E-state index in [2.05, 4.69) is 10.3 Å². The molecule has 0 aliphatic rings. The van der Waals surface area contributed by atoms with E-state index in [-0.39, 0.29) is 5.91 Å². The Hall–Kier alpha value is -1.42. The summed E-state index contributed by atoms with van der Waals surface area (Å²) in [6.07, 6.45) is 1.77. The van der Waals surface area contributed by atoms with Crippen LogP contribution in [0, 0.1) is 12.3 Å². The van der Waals surface area contributed by atoms with Crippen molar-refractivity contribution >= 4 is 5.91 Å². The Bertz CT molecular complexity index is 374. The molecule has 1 amide bonds. The molecule has 0 aliphatic heterocycles. The van der Waals surface area contributed by atoms with Crippen LogP contribution in [0.1, 0.15) is 25.1 Å². The normalized spacial score (nSPS) is 11.4. The van der Waals surface area contributed by atoms with E-state index < -0.39 is 5.41 Å². The fourth-order valence-electron chi connectivity index (χ4n) is 1.28. The van der Waals surface area contributed by atoms with E-state index in [0.29, 0.717) is 13.1 Å². The van der Waals surface area contributed by atoms with Crippen LogP contribution in [0.3, 0.4) is 0 Å². The zero-order valence-corrected chi connectivity index (χ0v) is 10.1. The van der Waals surface area contributed by atoms with Gasteiger partial charge in [0.05, 0.1) is 11.1 Å². The van der Waals surface area contributed by atoms with Crippen LogP contribution in [-0.2, 0) is 11.3 Å². The predicted molar refractivity (Wildman–Crippen MR) is 63.7 cm³/mol. The van der Waals surface area contributed by atoms with E-state index in [9.17, 15) is 4.79 Å². The minimum atomic E-state index is -0.525. The van der Waals surface area contributed by atoms with E-state index >= 15 is 0 Å². The maximum atomic E-state index is 11.1. The number of amides is 1. The average molecular weight is 221 g/mol. The van der Waals surface area contributed by atoms with E-state index in [1.807, 2.05) is 32.9 Å². The molecule has 1 aromatic heterocycles. The Morgan fingerprint density at radius 1 is 1.56 bits per heavy atom. The standard InChI is InChI=1S/C12H19N3O/c1-9-5-4-6-15-10(9)7-14-8-12(2,3)11(13)16/h4-6,14H,7-8H2,1-3H3,(H2,13,16). The highest BCUT2D eigenvalue weighted by molar-refractivity contribution is 5.80. The van der Waals surface area contributed by atoms with Gasteiger partial charge in [-0.1, -0.05) is 6.07 Å². The lowest BCUT2D eigenvalue weighted by Gasteiger charge is -2.20. The first-order valence-electron chi connectivity index (χ1n) is 5.34. The zero-order chi connectivity index (χ0) is 12.2. The number of aromatic nitrogens is 1. The number of rotatable bonds is 5. The van der Waals surface area contributed by atoms with Crippen molar-refractivity contribution in [3.63, 3.8) is 0 Å². The number of carbonyl (C=O) groups is 1. The van der Waals surface area contributed by atoms with Gasteiger partial charge in [0.2, 0.25) is 5.91 Å². The zero-order valence-electron chi connectivity index (χ0n) is 10.1. The largest absolute Gasteiger partial charge is 0.369 e. The lowest BCUT2D eigenvalue weighted by Crippen LogP contribution is -2.40. The number of aryl methyl sites for hydroxylation is 1. The number of hydrogen-bond donors (Lipinski definition) is 2. The number of hydrogen-bond acceptors (Lipinski definition) is 3. The minimum absolute atomic E-state index is 0.294. The van der Waals surface area contributed by atoms with Gasteiger partial charge in [-0.25, -0.2) is 0 Å². The molecular weight excluding hydrogens is 202 g/mol. The lowest BCUT2D eigenvalue weighted by atomic mass is 9.93. The third kappa shape index (κ3) is 3.31. The molecule has 4 nitrogen and oxygen atoms in total. The number of nitrogens with zero attached hydrogens (tertiary/aromatic N) is 1. The van der Waals surface area contributed by atoms with E-state index in [1.165, 1.54) is 0 Å². The lowest BCUT2D eigenvalue weighted by molar-refractivity contribution is -0.125. The SMILES string of the molecule is Cc1cccnc1CNCC(C)(C)C(N)=O. The molecule has 0 fully saturated rings. The van der Waals surface area contributed by atoms with Crippen LogP contribution in [0.25, 0.3) is 0 Å². The van der Waals surface area contributed by atoms with Gasteiger partial charge in [-0.3, -0.25) is 9.78 Å². The summed E-state index contributed by atoms with van der Waals surface area (Å²) in [5, 5.41) is 3.20. The van der Waals surface area contributed by atoms with Gasteiger partial charge in [-0.05, 0) is 32.4 Å². The van der Waals surface area contributed by atoms with E-state index in [0.717, 1.165) is 11.3 Å². The van der Waals surface area contributed by atoms with Crippen LogP contribution in [-0.4, -0.2) is 17.4 Å². The maximum Gasteiger partial charge on any atom is 0.224 e. The summed E-state index contributed by atoms with van der Waals surface area (Å²) in [4.78, 5) is 15.4. The molecule has 3 N–H and O–H groups in total. The molecule has 0 aliphatic carbocycles. The summed E-state index contributed by atoms with van der Waals surface area (Å²) in [6, 6.07) is 3.93. The monoisotopic (exact) mass is 221 g/mol. The van der Waals surface area contributed by atoms with E-state index in [4.69, 9.17) is 5.73 Å². The number of nitrogens with one attached hydrogen (secondary N) is 1. The molecule has 1 aromatic rings. The van der Waals surface area contributed by atoms with Crippen molar-refractivity contribution < 1.29 is 4.79 Å². The van der Waals surface area contributed by atoms with Crippen LogP contribution in [0.5, 0.6) is 0 Å². The van der Waals surface area contributed by atoms with Gasteiger partial charge >= 0.3 is 0 Å². The Morgan fingerprint density at radius 2 is 2.25 bits per heavy atom. The van der Waals surface area contributed by atoms with Crippen molar-refractivity contribution in [3.8, 4) is 0 Å². The van der Waals surface area contributed by atoms with Crippen LogP contribution < -0.4 is 11.1 Å². The van der Waals surface area contributed by atoms with Gasteiger partial charge in [0.25, 0.3) is 0 Å². The molecule has 0 unspecified atom stereocenters. The summed E-state index contributed by atoms with van der Waals surface area (Å²) in [5.74, 6) is -0.294. The summed E-state index contributed by atoms with van der Waals surface area (Å²) in [7, 11) is 0. The van der Waals surface area contributed by atoms with Crippen LogP contribution >= 0.6 is 0 Å². The smallest absolute Gasteiger partial charge is 0.224 e. The Morgan fingerprint density at radius 3 is 2.81 bits per heavy atom. The number of pyridine rings is 1. The second kappa shape index (κ2) is 5.07. The Kier molecular flexibility index (Phi) is 4.01. The first kappa shape index (κ1) is 12.6. The minimum Gasteiger partial charge on any atom is -0.369 e. The molecule has 0 radical (unpaired) electrons. The average Bonchev–Trinajstić information content (AvgIpc) is 2.20. The van der Waals surface area contributed by atoms with Gasteiger partial charge < -0.3 is 11.1 Å². The number of nitrogens with two attached hydrogens (primary N) is 1. The van der Waals surface area contributed by atoms with Gasteiger partial charge in [0.1, 0.15) is 0 Å². The fraction of sp³-hybridized carbons (Fsp3) is 0.500. The Balaban J connectivity index is 2.48. The molecule has 16 heavy (non-hydrogen) atoms. The Labute approximate surface area is 96.3 Å². The number of carbonyl (C=O) groups excluding carboxylic acids is 1. The van der Waals surface area contributed by atoms with Crippen LogP contribution in [0.15, 0.2) is 18.3 Å². The highest BCUT2D eigenvalue weighted by Crippen LogP contribution is 2.12. The van der Waals surface area contributed by atoms with Crippen molar-refractivity contribution in [3.05, 3.63) is 29.6 Å². The second-order valence-electron chi connectivity index (χ2n) is 4.62. The molecule has 0 spiro atoms. The van der Waals surface area contributed by atoms with Crippen molar-refractivity contribution in [1.29, 1.82) is 0 Å². The van der Waals surface area contributed by atoms with E-state index in [1.54, 1.807) is 6.20 Å². The molecule has 0 atom stereocenters. The summed E-state index contributed by atoms with van der Waals surface area (Å²) in [6.45, 7) is 6.88. The topological polar surface area (TPSA) is 68.0 Å². The molecule has 0 saturated heterocycles. The molecule has 1 heterocycles. The van der Waals surface area contributed by atoms with Crippen molar-refractivity contribution in [2.45, 2.75) is 27.3 Å². The summed E-state index contributed by atoms with van der Waals surface area (Å²) >= 11 is 0. The van der Waals surface area contributed by atoms with Gasteiger partial charge in [0.15, 0.2) is 0 Å². The van der Waals surface area contributed by atoms with Gasteiger partial charge in [-0.2, -0.15) is 0 Å². The molecule has 1 rings (SSSR count).